The topological polar surface area (TPSA) is 28.2 Å². The van der Waals surface area contributed by atoms with Crippen molar-refractivity contribution in [3.63, 3.8) is 0 Å². The van der Waals surface area contributed by atoms with Gasteiger partial charge in [0.05, 0.1) is 6.20 Å². The molecule has 1 aromatic rings. The zero-order valence-electron chi connectivity index (χ0n) is 13.7. The molecule has 1 fully saturated rings. The Morgan fingerprint density at radius 2 is 2.14 bits per heavy atom. The highest BCUT2D eigenvalue weighted by Crippen LogP contribution is 2.28. The average Bonchev–Trinajstić information content (AvgIpc) is 2.38. The zero-order chi connectivity index (χ0) is 15.5. The van der Waals surface area contributed by atoms with Gasteiger partial charge in [0.15, 0.2) is 0 Å². The third-order valence-corrected chi connectivity index (χ3v) is 4.28. The molecule has 0 radical (unpaired) electrons. The van der Waals surface area contributed by atoms with Crippen molar-refractivity contribution in [3.05, 3.63) is 29.8 Å². The minimum absolute atomic E-state index is 0.199. The van der Waals surface area contributed by atoms with E-state index in [4.69, 9.17) is 0 Å². The van der Waals surface area contributed by atoms with E-state index in [1.807, 2.05) is 0 Å². The van der Waals surface area contributed by atoms with Crippen LogP contribution in [0.25, 0.3) is 0 Å². The Balaban J connectivity index is 2.13. The molecule has 0 bridgehead atoms. The number of pyridine rings is 1. The summed E-state index contributed by atoms with van der Waals surface area (Å²) in [6.45, 7) is 11.8. The lowest BCUT2D eigenvalue weighted by atomic mass is 9.83. The van der Waals surface area contributed by atoms with Gasteiger partial charge >= 0.3 is 0 Å². The van der Waals surface area contributed by atoms with Crippen LogP contribution in [0.2, 0.25) is 0 Å². The number of piperazine rings is 1. The molecule has 1 N–H and O–H groups in total. The predicted octanol–water partition coefficient (Wildman–Crippen LogP) is 3.21. The van der Waals surface area contributed by atoms with Crippen LogP contribution in [0, 0.1) is 11.2 Å². The number of aromatic nitrogens is 1. The van der Waals surface area contributed by atoms with Crippen molar-refractivity contribution in [1.29, 1.82) is 0 Å². The fourth-order valence-electron chi connectivity index (χ4n) is 3.23. The minimum atomic E-state index is -0.250. The van der Waals surface area contributed by atoms with Gasteiger partial charge < -0.3 is 5.32 Å². The number of rotatable bonds is 4. The molecule has 0 saturated carbocycles. The summed E-state index contributed by atoms with van der Waals surface area (Å²) >= 11 is 0. The van der Waals surface area contributed by atoms with Crippen LogP contribution in [0.4, 0.5) is 4.39 Å². The molecule has 1 aliphatic heterocycles. The van der Waals surface area contributed by atoms with Gasteiger partial charge in [-0.2, -0.15) is 0 Å². The van der Waals surface area contributed by atoms with Crippen LogP contribution in [-0.4, -0.2) is 35.1 Å². The summed E-state index contributed by atoms with van der Waals surface area (Å²) in [6, 6.07) is 2.59. The number of hydrogen-bond donors (Lipinski definition) is 1. The highest BCUT2D eigenvalue weighted by Gasteiger charge is 2.35. The summed E-state index contributed by atoms with van der Waals surface area (Å²) in [5.74, 6) is -0.250. The van der Waals surface area contributed by atoms with Crippen LogP contribution < -0.4 is 5.32 Å². The van der Waals surface area contributed by atoms with Gasteiger partial charge in [-0.3, -0.25) is 9.88 Å². The number of nitrogens with zero attached hydrogens (tertiary/aromatic N) is 2. The standard InChI is InChI=1S/C17H28FN3/c1-5-6-15-12-21(16(10-20-15)17(2,3)4)11-13-7-14(18)9-19-8-13/h7-9,15-16,20H,5-6,10-12H2,1-4H3. The summed E-state index contributed by atoms with van der Waals surface area (Å²) in [6.07, 6.45) is 5.42. The molecule has 1 aromatic heterocycles. The number of nitrogens with one attached hydrogen (secondary N) is 1. The smallest absolute Gasteiger partial charge is 0.141 e. The maximum absolute atomic E-state index is 13.4. The average molecular weight is 293 g/mol. The summed E-state index contributed by atoms with van der Waals surface area (Å²) in [7, 11) is 0. The first-order valence-electron chi connectivity index (χ1n) is 7.97. The van der Waals surface area contributed by atoms with Crippen LogP contribution >= 0.6 is 0 Å². The first-order valence-corrected chi connectivity index (χ1v) is 7.97. The molecule has 3 nitrogen and oxygen atoms in total. The van der Waals surface area contributed by atoms with Gasteiger partial charge in [0.1, 0.15) is 5.82 Å². The summed E-state index contributed by atoms with van der Waals surface area (Å²) in [5, 5.41) is 3.67. The molecule has 118 valence electrons. The van der Waals surface area contributed by atoms with E-state index in [9.17, 15) is 4.39 Å². The first-order chi connectivity index (χ1) is 9.90. The Bertz CT molecular complexity index is 456. The van der Waals surface area contributed by atoms with Gasteiger partial charge in [-0.15, -0.1) is 0 Å². The molecule has 2 atom stereocenters. The van der Waals surface area contributed by atoms with Crippen LogP contribution in [0.1, 0.15) is 46.1 Å². The van der Waals surface area contributed by atoms with E-state index in [0.29, 0.717) is 12.1 Å². The van der Waals surface area contributed by atoms with Gasteiger partial charge in [-0.25, -0.2) is 4.39 Å². The van der Waals surface area contributed by atoms with Crippen molar-refractivity contribution < 1.29 is 4.39 Å². The molecular formula is C17H28FN3. The van der Waals surface area contributed by atoms with E-state index in [-0.39, 0.29) is 11.2 Å². The second-order valence-corrected chi connectivity index (χ2v) is 7.22. The van der Waals surface area contributed by atoms with E-state index in [0.717, 1.165) is 25.2 Å². The molecule has 0 amide bonds. The second-order valence-electron chi connectivity index (χ2n) is 7.22. The van der Waals surface area contributed by atoms with E-state index >= 15 is 0 Å². The van der Waals surface area contributed by atoms with Crippen molar-refractivity contribution in [3.8, 4) is 0 Å². The van der Waals surface area contributed by atoms with E-state index in [1.165, 1.54) is 19.0 Å². The third-order valence-electron chi connectivity index (χ3n) is 4.28. The van der Waals surface area contributed by atoms with E-state index < -0.39 is 0 Å². The fourth-order valence-corrected chi connectivity index (χ4v) is 3.23. The number of halogens is 1. The number of hydrogen-bond acceptors (Lipinski definition) is 3. The lowest BCUT2D eigenvalue weighted by molar-refractivity contribution is 0.0473. The Morgan fingerprint density at radius 1 is 1.38 bits per heavy atom. The molecule has 0 aromatic carbocycles. The lowest BCUT2D eigenvalue weighted by Crippen LogP contribution is -2.60. The fraction of sp³-hybridized carbons (Fsp3) is 0.706. The monoisotopic (exact) mass is 293 g/mol. The van der Waals surface area contributed by atoms with Crippen molar-refractivity contribution in [1.82, 2.24) is 15.2 Å². The van der Waals surface area contributed by atoms with Crippen LogP contribution in [0.3, 0.4) is 0 Å². The van der Waals surface area contributed by atoms with Gasteiger partial charge in [0, 0.05) is 37.9 Å². The maximum atomic E-state index is 13.4. The van der Waals surface area contributed by atoms with Crippen molar-refractivity contribution in [2.24, 2.45) is 5.41 Å². The summed E-state index contributed by atoms with van der Waals surface area (Å²) < 4.78 is 13.4. The second kappa shape index (κ2) is 6.84. The van der Waals surface area contributed by atoms with Crippen molar-refractivity contribution in [2.45, 2.75) is 59.2 Å². The summed E-state index contributed by atoms with van der Waals surface area (Å²) in [5.41, 5.74) is 1.16. The highest BCUT2D eigenvalue weighted by atomic mass is 19.1. The molecule has 0 spiro atoms. The normalized spacial score (nSPS) is 24.2. The Kier molecular flexibility index (Phi) is 5.33. The Morgan fingerprint density at radius 3 is 2.76 bits per heavy atom. The van der Waals surface area contributed by atoms with Crippen LogP contribution in [0.15, 0.2) is 18.5 Å². The molecular weight excluding hydrogens is 265 g/mol. The lowest BCUT2D eigenvalue weighted by Gasteiger charge is -2.46. The van der Waals surface area contributed by atoms with Crippen LogP contribution in [-0.2, 0) is 6.54 Å². The quantitative estimate of drug-likeness (QED) is 0.924. The van der Waals surface area contributed by atoms with Crippen molar-refractivity contribution >= 4 is 0 Å². The highest BCUT2D eigenvalue weighted by molar-refractivity contribution is 5.11. The summed E-state index contributed by atoms with van der Waals surface area (Å²) in [4.78, 5) is 6.47. The minimum Gasteiger partial charge on any atom is -0.311 e. The van der Waals surface area contributed by atoms with Gasteiger partial charge in [0.2, 0.25) is 0 Å². The Hall–Kier alpha value is -1.00. The molecule has 2 rings (SSSR count). The molecule has 2 unspecified atom stereocenters. The van der Waals surface area contributed by atoms with Gasteiger partial charge in [0.25, 0.3) is 0 Å². The van der Waals surface area contributed by atoms with Gasteiger partial charge in [-0.1, -0.05) is 34.1 Å². The predicted molar refractivity (Wildman–Crippen MR) is 84.5 cm³/mol. The molecule has 2 heterocycles. The van der Waals surface area contributed by atoms with Crippen molar-refractivity contribution in [2.75, 3.05) is 13.1 Å². The molecule has 21 heavy (non-hydrogen) atoms. The van der Waals surface area contributed by atoms with E-state index in [1.54, 1.807) is 12.3 Å². The largest absolute Gasteiger partial charge is 0.311 e. The van der Waals surface area contributed by atoms with Gasteiger partial charge in [-0.05, 0) is 23.5 Å². The van der Waals surface area contributed by atoms with E-state index in [2.05, 4.69) is 42.9 Å². The molecule has 0 aliphatic carbocycles. The maximum Gasteiger partial charge on any atom is 0.141 e. The van der Waals surface area contributed by atoms with Crippen LogP contribution in [0.5, 0.6) is 0 Å². The molecule has 1 aliphatic rings. The third kappa shape index (κ3) is 4.48. The zero-order valence-corrected chi connectivity index (χ0v) is 13.7. The molecule has 1 saturated heterocycles. The molecule has 4 heteroatoms. The Labute approximate surface area is 127 Å². The SMILES string of the molecule is CCCC1CN(Cc2cncc(F)c2)C(C(C)(C)C)CN1. The first kappa shape index (κ1) is 16.4.